The molecule has 0 bridgehead atoms. The molecule has 88 valence electrons. The highest BCUT2D eigenvalue weighted by atomic mass is 16.3. The Kier molecular flexibility index (Phi) is 2.61. The summed E-state index contributed by atoms with van der Waals surface area (Å²) in [6, 6.07) is 21.4. The van der Waals surface area contributed by atoms with E-state index < -0.39 is 0 Å². The van der Waals surface area contributed by atoms with Gasteiger partial charge in [0, 0.05) is 22.1 Å². The molecule has 0 amide bonds. The Bertz CT molecular complexity index is 677. The molecule has 3 rings (SSSR count). The minimum Gasteiger partial charge on any atom is -0.507 e. The predicted octanol–water partition coefficient (Wildman–Crippen LogP) is 4.29. The maximum Gasteiger partial charge on any atom is 0.123 e. The zero-order valence-electron chi connectivity index (χ0n) is 9.80. The smallest absolute Gasteiger partial charge is 0.123 e. The lowest BCUT2D eigenvalue weighted by Gasteiger charge is -2.10. The number of benzene rings is 3. The van der Waals surface area contributed by atoms with Crippen molar-refractivity contribution in [2.75, 3.05) is 5.32 Å². The van der Waals surface area contributed by atoms with Gasteiger partial charge in [0.25, 0.3) is 0 Å². The Labute approximate surface area is 106 Å². The summed E-state index contributed by atoms with van der Waals surface area (Å²) in [5.41, 5.74) is 2.03. The Hall–Kier alpha value is -2.48. The van der Waals surface area contributed by atoms with Crippen molar-refractivity contribution >= 4 is 22.1 Å². The van der Waals surface area contributed by atoms with E-state index in [9.17, 15) is 5.11 Å². The maximum atomic E-state index is 9.83. The van der Waals surface area contributed by atoms with Crippen LogP contribution < -0.4 is 5.32 Å². The number of phenols is 1. The second-order valence-electron chi connectivity index (χ2n) is 4.17. The number of aromatic hydroxyl groups is 1. The average Bonchev–Trinajstić information content (AvgIpc) is 2.41. The molecule has 0 aliphatic carbocycles. The van der Waals surface area contributed by atoms with Crippen LogP contribution in [0.1, 0.15) is 0 Å². The number of para-hydroxylation sites is 1. The molecule has 0 saturated carbocycles. The molecule has 0 fully saturated rings. The van der Waals surface area contributed by atoms with Crippen LogP contribution in [-0.2, 0) is 0 Å². The first-order chi connectivity index (χ1) is 8.84. The molecule has 0 unspecified atom stereocenters. The van der Waals surface area contributed by atoms with Crippen molar-refractivity contribution in [2.45, 2.75) is 0 Å². The van der Waals surface area contributed by atoms with Crippen LogP contribution in [0.2, 0.25) is 0 Å². The third kappa shape index (κ3) is 1.89. The van der Waals surface area contributed by atoms with Gasteiger partial charge in [0.05, 0.1) is 0 Å². The van der Waals surface area contributed by atoms with Crippen LogP contribution in [0.4, 0.5) is 11.4 Å². The number of hydrogen-bond donors (Lipinski definition) is 2. The summed E-state index contributed by atoms with van der Waals surface area (Å²) in [7, 11) is 0. The molecule has 0 aliphatic rings. The molecular weight excluding hydrogens is 222 g/mol. The van der Waals surface area contributed by atoms with E-state index in [0.29, 0.717) is 5.75 Å². The molecule has 2 N–H and O–H groups in total. The highest BCUT2D eigenvalue weighted by Gasteiger charge is 2.03. The molecule has 0 atom stereocenters. The van der Waals surface area contributed by atoms with Gasteiger partial charge in [0.2, 0.25) is 0 Å². The first-order valence-corrected chi connectivity index (χ1v) is 5.87. The van der Waals surface area contributed by atoms with Crippen LogP contribution in [0.25, 0.3) is 10.8 Å². The Morgan fingerprint density at radius 2 is 1.39 bits per heavy atom. The minimum absolute atomic E-state index is 0.309. The van der Waals surface area contributed by atoms with Crippen molar-refractivity contribution in [1.29, 1.82) is 0 Å². The van der Waals surface area contributed by atoms with Gasteiger partial charge in [-0.15, -0.1) is 0 Å². The van der Waals surface area contributed by atoms with Gasteiger partial charge < -0.3 is 10.4 Å². The number of rotatable bonds is 2. The Morgan fingerprint density at radius 3 is 2.22 bits per heavy atom. The monoisotopic (exact) mass is 235 g/mol. The standard InChI is InChI=1S/C16H13NO/c18-16-11-5-8-13-14(16)9-4-10-15(13)17-12-6-2-1-3-7-12/h1-11,17-18H. The first kappa shape index (κ1) is 10.7. The van der Waals surface area contributed by atoms with E-state index >= 15 is 0 Å². The van der Waals surface area contributed by atoms with E-state index in [2.05, 4.69) is 5.32 Å². The van der Waals surface area contributed by atoms with Crippen molar-refractivity contribution in [3.63, 3.8) is 0 Å². The number of hydrogen-bond acceptors (Lipinski definition) is 2. The highest BCUT2D eigenvalue weighted by molar-refractivity contribution is 5.98. The van der Waals surface area contributed by atoms with Crippen LogP contribution >= 0.6 is 0 Å². The van der Waals surface area contributed by atoms with Gasteiger partial charge >= 0.3 is 0 Å². The second kappa shape index (κ2) is 4.41. The van der Waals surface area contributed by atoms with E-state index in [-0.39, 0.29) is 0 Å². The lowest BCUT2D eigenvalue weighted by molar-refractivity contribution is 0.481. The second-order valence-corrected chi connectivity index (χ2v) is 4.17. The van der Waals surface area contributed by atoms with Crippen LogP contribution in [0, 0.1) is 0 Å². The Balaban J connectivity index is 2.10. The summed E-state index contributed by atoms with van der Waals surface area (Å²) < 4.78 is 0. The third-order valence-electron chi connectivity index (χ3n) is 2.95. The Morgan fingerprint density at radius 1 is 0.667 bits per heavy atom. The third-order valence-corrected chi connectivity index (χ3v) is 2.95. The number of nitrogens with one attached hydrogen (secondary N) is 1. The van der Waals surface area contributed by atoms with Crippen molar-refractivity contribution in [1.82, 2.24) is 0 Å². The van der Waals surface area contributed by atoms with Crippen molar-refractivity contribution in [2.24, 2.45) is 0 Å². The maximum absolute atomic E-state index is 9.83. The van der Waals surface area contributed by atoms with E-state index in [0.717, 1.165) is 22.1 Å². The molecule has 2 heteroatoms. The van der Waals surface area contributed by atoms with Crippen LogP contribution in [0.5, 0.6) is 5.75 Å². The van der Waals surface area contributed by atoms with Crippen molar-refractivity contribution in [3.05, 3.63) is 66.7 Å². The molecule has 0 aliphatic heterocycles. The fraction of sp³-hybridized carbons (Fsp3) is 0. The van der Waals surface area contributed by atoms with Gasteiger partial charge in [-0.25, -0.2) is 0 Å². The summed E-state index contributed by atoms with van der Waals surface area (Å²) in [6.45, 7) is 0. The van der Waals surface area contributed by atoms with Crippen LogP contribution in [0.15, 0.2) is 66.7 Å². The van der Waals surface area contributed by atoms with Gasteiger partial charge in [-0.2, -0.15) is 0 Å². The van der Waals surface area contributed by atoms with Gasteiger partial charge in [0.1, 0.15) is 5.75 Å². The quantitative estimate of drug-likeness (QED) is 0.694. The number of fused-ring (bicyclic) bond motifs is 1. The molecule has 0 saturated heterocycles. The summed E-state index contributed by atoms with van der Waals surface area (Å²) in [5, 5.41) is 15.1. The van der Waals surface area contributed by atoms with E-state index in [4.69, 9.17) is 0 Å². The predicted molar refractivity (Wildman–Crippen MR) is 75.3 cm³/mol. The molecule has 0 aromatic heterocycles. The number of phenolic OH excluding ortho intramolecular Hbond substituents is 1. The highest BCUT2D eigenvalue weighted by Crippen LogP contribution is 2.31. The van der Waals surface area contributed by atoms with Crippen molar-refractivity contribution in [3.8, 4) is 5.75 Å². The van der Waals surface area contributed by atoms with Gasteiger partial charge in [-0.3, -0.25) is 0 Å². The SMILES string of the molecule is Oc1cccc2c(Nc3ccccc3)cccc12. The summed E-state index contributed by atoms with van der Waals surface area (Å²) in [4.78, 5) is 0. The first-order valence-electron chi connectivity index (χ1n) is 5.87. The fourth-order valence-electron chi connectivity index (χ4n) is 2.08. The van der Waals surface area contributed by atoms with Gasteiger partial charge in [-0.05, 0) is 24.3 Å². The van der Waals surface area contributed by atoms with E-state index in [1.165, 1.54) is 0 Å². The molecule has 2 nitrogen and oxygen atoms in total. The van der Waals surface area contributed by atoms with Gasteiger partial charge in [0.15, 0.2) is 0 Å². The average molecular weight is 235 g/mol. The molecule has 0 radical (unpaired) electrons. The summed E-state index contributed by atoms with van der Waals surface area (Å²) in [6.07, 6.45) is 0. The fourth-order valence-corrected chi connectivity index (χ4v) is 2.08. The zero-order valence-corrected chi connectivity index (χ0v) is 9.80. The van der Waals surface area contributed by atoms with Crippen LogP contribution in [-0.4, -0.2) is 5.11 Å². The van der Waals surface area contributed by atoms with Crippen molar-refractivity contribution < 1.29 is 5.11 Å². The zero-order chi connectivity index (χ0) is 12.4. The van der Waals surface area contributed by atoms with Crippen LogP contribution in [0.3, 0.4) is 0 Å². The minimum atomic E-state index is 0.309. The van der Waals surface area contributed by atoms with E-state index in [1.54, 1.807) is 6.07 Å². The topological polar surface area (TPSA) is 32.3 Å². The van der Waals surface area contributed by atoms with E-state index in [1.807, 2.05) is 60.7 Å². The molecular formula is C16H13NO. The molecule has 3 aromatic rings. The number of anilines is 2. The van der Waals surface area contributed by atoms with Gasteiger partial charge in [-0.1, -0.05) is 42.5 Å². The molecule has 0 heterocycles. The lowest BCUT2D eigenvalue weighted by atomic mass is 10.1. The normalized spacial score (nSPS) is 10.4. The summed E-state index contributed by atoms with van der Waals surface area (Å²) >= 11 is 0. The molecule has 3 aromatic carbocycles. The lowest BCUT2D eigenvalue weighted by Crippen LogP contribution is -1.90. The summed E-state index contributed by atoms with van der Waals surface area (Å²) in [5.74, 6) is 0.309. The molecule has 18 heavy (non-hydrogen) atoms. The molecule has 0 spiro atoms. The largest absolute Gasteiger partial charge is 0.507 e.